The fraction of sp³-hybridized carbons (Fsp3) is 0.333. The van der Waals surface area contributed by atoms with Crippen LogP contribution in [0.2, 0.25) is 0 Å². The van der Waals surface area contributed by atoms with Crippen molar-refractivity contribution in [3.05, 3.63) is 64.7 Å². The predicted molar refractivity (Wildman–Crippen MR) is 103 cm³/mol. The number of nitrogens with two attached hydrogens (primary N) is 2. The number of hydrogen-bond acceptors (Lipinski definition) is 5. The Morgan fingerprint density at radius 2 is 1.70 bits per heavy atom. The quantitative estimate of drug-likeness (QED) is 0.409. The van der Waals surface area contributed by atoms with Crippen molar-refractivity contribution in [1.29, 1.82) is 0 Å². The highest BCUT2D eigenvalue weighted by Gasteiger charge is 2.19. The van der Waals surface area contributed by atoms with E-state index < -0.39 is 18.1 Å². The summed E-state index contributed by atoms with van der Waals surface area (Å²) in [6, 6.07) is 11.6. The maximum absolute atomic E-state index is 12.5. The zero-order chi connectivity index (χ0) is 20.2. The molecule has 0 fully saturated rings. The zero-order valence-corrected chi connectivity index (χ0v) is 15.9. The molecule has 6 nitrogen and oxygen atoms in total. The molecule has 0 unspecified atom stereocenters. The Labute approximate surface area is 159 Å². The smallest absolute Gasteiger partial charge is 0.343 e. The third-order valence-corrected chi connectivity index (χ3v) is 3.95. The van der Waals surface area contributed by atoms with Crippen molar-refractivity contribution in [3.8, 4) is 5.75 Å². The van der Waals surface area contributed by atoms with Crippen LogP contribution in [0.25, 0.3) is 0 Å². The number of benzene rings is 2. The van der Waals surface area contributed by atoms with Crippen molar-refractivity contribution in [2.24, 2.45) is 16.9 Å². The van der Waals surface area contributed by atoms with Gasteiger partial charge in [-0.2, -0.15) is 0 Å². The molecule has 0 saturated heterocycles. The van der Waals surface area contributed by atoms with E-state index in [4.69, 9.17) is 21.3 Å². The van der Waals surface area contributed by atoms with E-state index in [1.54, 1.807) is 42.5 Å². The average molecular weight is 370 g/mol. The molecule has 0 saturated carbocycles. The molecule has 0 aromatic heterocycles. The van der Waals surface area contributed by atoms with Crippen LogP contribution in [0.4, 0.5) is 0 Å². The first-order valence-electron chi connectivity index (χ1n) is 8.72. The van der Waals surface area contributed by atoms with E-state index in [0.717, 1.165) is 17.5 Å². The summed E-state index contributed by atoms with van der Waals surface area (Å²) in [7, 11) is 0. The van der Waals surface area contributed by atoms with Crippen LogP contribution in [0.5, 0.6) is 5.75 Å². The van der Waals surface area contributed by atoms with Gasteiger partial charge in [0.25, 0.3) is 0 Å². The average Bonchev–Trinajstić information content (AvgIpc) is 2.54. The first-order chi connectivity index (χ1) is 12.5. The molecule has 0 bridgehead atoms. The largest absolute Gasteiger partial charge is 0.481 e. The summed E-state index contributed by atoms with van der Waals surface area (Å²) in [5.74, 6) is -1.05. The molecule has 0 aliphatic rings. The fourth-order valence-electron chi connectivity index (χ4n) is 2.80. The second-order valence-corrected chi connectivity index (χ2v) is 7.78. The Hall–Kier alpha value is -2.70. The van der Waals surface area contributed by atoms with Crippen LogP contribution in [-0.4, -0.2) is 17.0 Å². The molecule has 2 aromatic rings. The van der Waals surface area contributed by atoms with Crippen LogP contribution in [0, 0.1) is 5.41 Å². The van der Waals surface area contributed by atoms with Gasteiger partial charge < -0.3 is 21.3 Å². The van der Waals surface area contributed by atoms with Gasteiger partial charge in [-0.1, -0.05) is 39.0 Å². The normalized spacial score (nSPS) is 11.5. The Balaban J connectivity index is 2.20. The summed E-state index contributed by atoms with van der Waals surface area (Å²) in [6.45, 7) is 6.30. The highest BCUT2D eigenvalue weighted by Crippen LogP contribution is 2.26. The van der Waals surface area contributed by atoms with Crippen molar-refractivity contribution in [1.82, 2.24) is 0 Å². The maximum Gasteiger partial charge on any atom is 0.343 e. The van der Waals surface area contributed by atoms with Gasteiger partial charge in [0, 0.05) is 0 Å². The summed E-state index contributed by atoms with van der Waals surface area (Å²) < 4.78 is 5.40. The van der Waals surface area contributed by atoms with E-state index in [1.165, 1.54) is 0 Å². The molecular weight excluding hydrogens is 344 g/mol. The lowest BCUT2D eigenvalue weighted by atomic mass is 9.85. The molecule has 0 aliphatic heterocycles. The lowest BCUT2D eigenvalue weighted by Crippen LogP contribution is -2.24. The summed E-state index contributed by atoms with van der Waals surface area (Å²) in [5.41, 5.74) is 14.5. The van der Waals surface area contributed by atoms with Crippen LogP contribution >= 0.6 is 0 Å². The lowest BCUT2D eigenvalue weighted by molar-refractivity contribution is -0.136. The zero-order valence-electron chi connectivity index (χ0n) is 15.9. The van der Waals surface area contributed by atoms with Crippen LogP contribution in [-0.2, 0) is 17.6 Å². The number of hydrogen-bond donors (Lipinski definition) is 3. The molecule has 5 N–H and O–H groups in total. The number of esters is 1. The van der Waals surface area contributed by atoms with Crippen molar-refractivity contribution in [2.75, 3.05) is 0 Å². The number of carboxylic acid groups (broad SMARTS) is 1. The molecule has 2 rings (SSSR count). The molecule has 0 aliphatic carbocycles. The van der Waals surface area contributed by atoms with E-state index in [0.29, 0.717) is 16.9 Å². The second-order valence-electron chi connectivity index (χ2n) is 7.78. The first kappa shape index (κ1) is 20.6. The molecule has 0 amide bonds. The minimum Gasteiger partial charge on any atom is -0.481 e. The van der Waals surface area contributed by atoms with Gasteiger partial charge in [0.15, 0.2) is 0 Å². The summed E-state index contributed by atoms with van der Waals surface area (Å²) >= 11 is 0. The molecular formula is C21H26N2O4. The minimum absolute atomic E-state index is 0.00609. The van der Waals surface area contributed by atoms with E-state index >= 15 is 0 Å². The number of rotatable bonds is 6. The maximum atomic E-state index is 12.5. The molecule has 0 heterocycles. The van der Waals surface area contributed by atoms with E-state index in [2.05, 4.69) is 20.8 Å². The van der Waals surface area contributed by atoms with E-state index in [-0.39, 0.29) is 11.8 Å². The summed E-state index contributed by atoms with van der Waals surface area (Å²) in [5, 5.41) is 8.80. The predicted octanol–water partition coefficient (Wildman–Crippen LogP) is 3.04. The van der Waals surface area contributed by atoms with Crippen molar-refractivity contribution >= 4 is 11.9 Å². The van der Waals surface area contributed by atoms with Crippen molar-refractivity contribution in [3.63, 3.8) is 0 Å². The SMILES string of the molecule is CC(C)(C)Cc1cc(C(=O)Oc2ccc(CC(=O)O)cc2)ccc1C(N)N. The minimum atomic E-state index is -0.913. The van der Waals surface area contributed by atoms with Crippen molar-refractivity contribution < 1.29 is 19.4 Å². The van der Waals surface area contributed by atoms with Crippen LogP contribution in [0.15, 0.2) is 42.5 Å². The number of ether oxygens (including phenoxy) is 1. The van der Waals surface area contributed by atoms with Gasteiger partial charge >= 0.3 is 11.9 Å². The van der Waals surface area contributed by atoms with Gasteiger partial charge in [0.1, 0.15) is 5.75 Å². The molecule has 0 spiro atoms. The van der Waals surface area contributed by atoms with Gasteiger partial charge in [-0.05, 0) is 52.8 Å². The number of aliphatic carboxylic acids is 1. The van der Waals surface area contributed by atoms with Gasteiger partial charge in [0.05, 0.1) is 18.2 Å². The highest BCUT2D eigenvalue weighted by atomic mass is 16.5. The van der Waals surface area contributed by atoms with E-state index in [1.807, 2.05) is 0 Å². The molecule has 2 aromatic carbocycles. The summed E-state index contributed by atoms with van der Waals surface area (Å²) in [6.07, 6.45) is 0.0258. The van der Waals surface area contributed by atoms with Gasteiger partial charge in [-0.15, -0.1) is 0 Å². The molecule has 144 valence electrons. The van der Waals surface area contributed by atoms with Crippen LogP contribution < -0.4 is 16.2 Å². The number of carbonyl (C=O) groups is 2. The third kappa shape index (κ3) is 6.20. The first-order valence-corrected chi connectivity index (χ1v) is 8.72. The highest BCUT2D eigenvalue weighted by molar-refractivity contribution is 5.91. The number of carbonyl (C=O) groups excluding carboxylic acids is 1. The molecule has 6 heteroatoms. The molecule has 0 radical (unpaired) electrons. The standard InChI is InChI=1S/C21H26N2O4/c1-21(2,3)12-15-11-14(6-9-17(15)19(22)23)20(26)27-16-7-4-13(5-8-16)10-18(24)25/h4-9,11,19H,10,12,22-23H2,1-3H3,(H,24,25). The Morgan fingerprint density at radius 1 is 1.07 bits per heavy atom. The Kier molecular flexibility index (Phi) is 6.36. The van der Waals surface area contributed by atoms with Gasteiger partial charge in [-0.3, -0.25) is 4.79 Å². The van der Waals surface area contributed by atoms with Crippen LogP contribution in [0.3, 0.4) is 0 Å². The lowest BCUT2D eigenvalue weighted by Gasteiger charge is -2.22. The number of carboxylic acids is 1. The van der Waals surface area contributed by atoms with Gasteiger partial charge in [-0.25, -0.2) is 4.79 Å². The topological polar surface area (TPSA) is 116 Å². The Morgan fingerprint density at radius 3 is 2.22 bits per heavy atom. The summed E-state index contributed by atoms with van der Waals surface area (Å²) in [4.78, 5) is 23.2. The third-order valence-electron chi connectivity index (χ3n) is 3.95. The monoisotopic (exact) mass is 370 g/mol. The van der Waals surface area contributed by atoms with Crippen LogP contribution in [0.1, 0.15) is 54.0 Å². The fourth-order valence-corrected chi connectivity index (χ4v) is 2.80. The van der Waals surface area contributed by atoms with Crippen molar-refractivity contribution in [2.45, 2.75) is 39.8 Å². The van der Waals surface area contributed by atoms with E-state index in [9.17, 15) is 9.59 Å². The Bertz CT molecular complexity index is 821. The molecule has 27 heavy (non-hydrogen) atoms. The van der Waals surface area contributed by atoms with Gasteiger partial charge in [0.2, 0.25) is 0 Å². The molecule has 0 atom stereocenters. The second kappa shape index (κ2) is 8.33.